The first-order valence-electron chi connectivity index (χ1n) is 9.88. The number of amides is 1. The SMILES string of the molecule is Cc1nc2ccc(N[C@H](C)C(=O)N3CC[NH+](Cc4ccccc4)CC3)cc2s1. The number of nitrogens with one attached hydrogen (secondary N) is 2. The van der Waals surface area contributed by atoms with E-state index in [0.717, 1.165) is 53.6 Å². The number of nitrogens with zero attached hydrogens (tertiary/aromatic N) is 2. The standard InChI is InChI=1S/C22H26N4OS/c1-16(23-19-8-9-20-21(14-19)28-17(2)24-20)22(27)26-12-10-25(11-13-26)15-18-6-4-3-5-7-18/h3-9,14,16,23H,10-13,15H2,1-2H3/p+1/t16-/m1/s1. The summed E-state index contributed by atoms with van der Waals surface area (Å²) < 4.78 is 1.15. The molecule has 0 unspecified atom stereocenters. The van der Waals surface area contributed by atoms with Crippen LogP contribution in [0.3, 0.4) is 0 Å². The highest BCUT2D eigenvalue weighted by atomic mass is 32.1. The van der Waals surface area contributed by atoms with Crippen LogP contribution in [0.5, 0.6) is 0 Å². The van der Waals surface area contributed by atoms with Crippen LogP contribution in [0.25, 0.3) is 10.2 Å². The minimum Gasteiger partial charge on any atom is -0.374 e. The fourth-order valence-electron chi connectivity index (χ4n) is 3.82. The third kappa shape index (κ3) is 4.34. The molecule has 1 aliphatic rings. The number of carbonyl (C=O) groups is 1. The Kier molecular flexibility index (Phi) is 5.59. The van der Waals surface area contributed by atoms with Crippen molar-refractivity contribution in [2.45, 2.75) is 26.4 Å². The maximum Gasteiger partial charge on any atom is 0.245 e. The van der Waals surface area contributed by atoms with Crippen LogP contribution >= 0.6 is 11.3 Å². The van der Waals surface area contributed by atoms with E-state index in [0.29, 0.717) is 0 Å². The van der Waals surface area contributed by atoms with Crippen molar-refractivity contribution in [2.24, 2.45) is 0 Å². The van der Waals surface area contributed by atoms with E-state index in [-0.39, 0.29) is 11.9 Å². The quantitative estimate of drug-likeness (QED) is 0.697. The van der Waals surface area contributed by atoms with E-state index in [9.17, 15) is 4.79 Å². The first-order valence-corrected chi connectivity index (χ1v) is 10.7. The van der Waals surface area contributed by atoms with Gasteiger partial charge >= 0.3 is 0 Å². The van der Waals surface area contributed by atoms with E-state index in [4.69, 9.17) is 0 Å². The fourth-order valence-corrected chi connectivity index (χ4v) is 4.69. The topological polar surface area (TPSA) is 49.7 Å². The second-order valence-electron chi connectivity index (χ2n) is 7.52. The van der Waals surface area contributed by atoms with Gasteiger partial charge in [0.15, 0.2) is 0 Å². The van der Waals surface area contributed by atoms with Gasteiger partial charge in [0.1, 0.15) is 12.6 Å². The number of piperazine rings is 1. The Morgan fingerprint density at radius 1 is 1.21 bits per heavy atom. The normalized spacial score (nSPS) is 16.3. The summed E-state index contributed by atoms with van der Waals surface area (Å²) in [6, 6.07) is 16.5. The lowest BCUT2D eigenvalue weighted by atomic mass is 10.2. The van der Waals surface area contributed by atoms with Gasteiger partial charge < -0.3 is 15.1 Å². The Labute approximate surface area is 170 Å². The Morgan fingerprint density at radius 2 is 1.96 bits per heavy atom. The van der Waals surface area contributed by atoms with Gasteiger partial charge in [-0.25, -0.2) is 4.98 Å². The highest BCUT2D eigenvalue weighted by molar-refractivity contribution is 7.18. The first-order chi connectivity index (χ1) is 13.6. The Hall–Kier alpha value is -2.44. The predicted octanol–water partition coefficient (Wildman–Crippen LogP) is 2.33. The minimum atomic E-state index is -0.234. The summed E-state index contributed by atoms with van der Waals surface area (Å²) in [7, 11) is 0. The van der Waals surface area contributed by atoms with Gasteiger partial charge in [-0.1, -0.05) is 30.3 Å². The first kappa shape index (κ1) is 18.9. The van der Waals surface area contributed by atoms with Crippen molar-refractivity contribution in [1.29, 1.82) is 0 Å². The lowest BCUT2D eigenvalue weighted by molar-refractivity contribution is -0.917. The molecule has 2 aromatic carbocycles. The smallest absolute Gasteiger partial charge is 0.245 e. The zero-order valence-corrected chi connectivity index (χ0v) is 17.3. The maximum atomic E-state index is 12.9. The van der Waals surface area contributed by atoms with Crippen LogP contribution in [0.2, 0.25) is 0 Å². The van der Waals surface area contributed by atoms with Crippen molar-refractivity contribution < 1.29 is 9.69 Å². The molecule has 2 heterocycles. The summed E-state index contributed by atoms with van der Waals surface area (Å²) in [6.45, 7) is 8.64. The largest absolute Gasteiger partial charge is 0.374 e. The van der Waals surface area contributed by atoms with Crippen molar-refractivity contribution in [1.82, 2.24) is 9.88 Å². The molecule has 146 valence electrons. The molecule has 6 heteroatoms. The van der Waals surface area contributed by atoms with Gasteiger partial charge in [-0.05, 0) is 32.0 Å². The van der Waals surface area contributed by atoms with Crippen LogP contribution in [0.4, 0.5) is 5.69 Å². The molecule has 0 aliphatic carbocycles. The van der Waals surface area contributed by atoms with E-state index in [1.54, 1.807) is 16.2 Å². The number of aryl methyl sites for hydroxylation is 1. The van der Waals surface area contributed by atoms with Crippen LogP contribution in [-0.4, -0.2) is 48.0 Å². The highest BCUT2D eigenvalue weighted by Gasteiger charge is 2.27. The summed E-state index contributed by atoms with van der Waals surface area (Å²) in [5.74, 6) is 0.180. The molecule has 1 fully saturated rings. The molecule has 1 aromatic heterocycles. The lowest BCUT2D eigenvalue weighted by Crippen LogP contribution is -3.13. The average Bonchev–Trinajstić information content (AvgIpc) is 3.08. The van der Waals surface area contributed by atoms with Crippen LogP contribution in [0, 0.1) is 6.92 Å². The molecule has 5 nitrogen and oxygen atoms in total. The molecule has 3 aromatic rings. The van der Waals surface area contributed by atoms with Gasteiger partial charge in [0.2, 0.25) is 5.91 Å². The van der Waals surface area contributed by atoms with Crippen LogP contribution < -0.4 is 10.2 Å². The zero-order valence-electron chi connectivity index (χ0n) is 16.4. The van der Waals surface area contributed by atoms with Crippen LogP contribution in [-0.2, 0) is 11.3 Å². The Balaban J connectivity index is 1.31. The molecule has 0 bridgehead atoms. The van der Waals surface area contributed by atoms with Gasteiger partial charge in [-0.2, -0.15) is 0 Å². The second-order valence-corrected chi connectivity index (χ2v) is 8.75. The number of hydrogen-bond donors (Lipinski definition) is 2. The maximum absolute atomic E-state index is 12.9. The monoisotopic (exact) mass is 395 g/mol. The number of hydrogen-bond acceptors (Lipinski definition) is 4. The molecule has 4 rings (SSSR count). The summed E-state index contributed by atoms with van der Waals surface area (Å²) in [6.07, 6.45) is 0. The molecule has 0 radical (unpaired) electrons. The number of benzene rings is 2. The predicted molar refractivity (Wildman–Crippen MR) is 115 cm³/mol. The zero-order chi connectivity index (χ0) is 19.5. The van der Waals surface area contributed by atoms with Crippen LogP contribution in [0.15, 0.2) is 48.5 Å². The van der Waals surface area contributed by atoms with E-state index in [2.05, 4.69) is 46.7 Å². The molecule has 2 N–H and O–H groups in total. The molecule has 28 heavy (non-hydrogen) atoms. The summed E-state index contributed by atoms with van der Waals surface area (Å²) in [5, 5.41) is 4.43. The van der Waals surface area contributed by atoms with Gasteiger partial charge in [0.25, 0.3) is 0 Å². The molecule has 0 saturated carbocycles. The van der Waals surface area contributed by atoms with E-state index >= 15 is 0 Å². The molecule has 1 amide bonds. The summed E-state index contributed by atoms with van der Waals surface area (Å²) in [5.41, 5.74) is 3.36. The second kappa shape index (κ2) is 8.29. The number of anilines is 1. The Bertz CT molecular complexity index is 948. The average molecular weight is 396 g/mol. The van der Waals surface area contributed by atoms with E-state index < -0.39 is 0 Å². The van der Waals surface area contributed by atoms with Gasteiger partial charge in [-0.15, -0.1) is 11.3 Å². The van der Waals surface area contributed by atoms with Crippen LogP contribution in [0.1, 0.15) is 17.5 Å². The molecular weight excluding hydrogens is 368 g/mol. The minimum absolute atomic E-state index is 0.180. The van der Waals surface area contributed by atoms with Gasteiger partial charge in [0, 0.05) is 11.3 Å². The summed E-state index contributed by atoms with van der Waals surface area (Å²) >= 11 is 1.68. The molecule has 1 aliphatic heterocycles. The van der Waals surface area contributed by atoms with E-state index in [1.165, 1.54) is 5.56 Å². The number of fused-ring (bicyclic) bond motifs is 1. The highest BCUT2D eigenvalue weighted by Crippen LogP contribution is 2.25. The van der Waals surface area contributed by atoms with Crippen molar-refractivity contribution in [3.63, 3.8) is 0 Å². The molecular formula is C22H27N4OS+. The van der Waals surface area contributed by atoms with E-state index in [1.807, 2.05) is 30.9 Å². The van der Waals surface area contributed by atoms with Crippen molar-refractivity contribution in [2.75, 3.05) is 31.5 Å². The third-order valence-electron chi connectivity index (χ3n) is 5.33. The van der Waals surface area contributed by atoms with Crippen molar-refractivity contribution in [3.05, 3.63) is 59.1 Å². The number of thiazole rings is 1. The Morgan fingerprint density at radius 3 is 2.71 bits per heavy atom. The number of aromatic nitrogens is 1. The van der Waals surface area contributed by atoms with Crippen molar-refractivity contribution in [3.8, 4) is 0 Å². The van der Waals surface area contributed by atoms with Gasteiger partial charge in [-0.3, -0.25) is 4.79 Å². The summed E-state index contributed by atoms with van der Waals surface area (Å²) in [4.78, 5) is 20.9. The number of quaternary nitrogens is 1. The number of rotatable bonds is 5. The molecule has 0 spiro atoms. The fraction of sp³-hybridized carbons (Fsp3) is 0.364. The molecule has 1 saturated heterocycles. The van der Waals surface area contributed by atoms with Crippen molar-refractivity contribution >= 4 is 33.1 Å². The molecule has 1 atom stereocenters. The lowest BCUT2D eigenvalue weighted by Gasteiger charge is -2.34. The van der Waals surface area contributed by atoms with Gasteiger partial charge in [0.05, 0.1) is 41.4 Å². The third-order valence-corrected chi connectivity index (χ3v) is 6.26. The number of carbonyl (C=O) groups excluding carboxylic acids is 1.